The number of halogens is 1. The van der Waals surface area contributed by atoms with Crippen molar-refractivity contribution < 1.29 is 14.0 Å². The molecule has 2 aromatic heterocycles. The molecule has 0 radical (unpaired) electrons. The van der Waals surface area contributed by atoms with Gasteiger partial charge in [-0.05, 0) is 24.3 Å². The van der Waals surface area contributed by atoms with Crippen molar-refractivity contribution >= 4 is 17.4 Å². The molecule has 0 saturated carbocycles. The first kappa shape index (κ1) is 16.5. The SMILES string of the molecule is O=C(CCc1ncn[nH]1)Cc1cn[nH]c1C(=O)Nc1ccc(F)cc1. The van der Waals surface area contributed by atoms with Crippen LogP contribution < -0.4 is 5.32 Å². The molecule has 128 valence electrons. The number of hydrogen-bond donors (Lipinski definition) is 3. The smallest absolute Gasteiger partial charge is 0.273 e. The summed E-state index contributed by atoms with van der Waals surface area (Å²) in [6, 6.07) is 5.39. The van der Waals surface area contributed by atoms with Crippen LogP contribution in [0.1, 0.15) is 28.3 Å². The molecule has 1 aromatic carbocycles. The van der Waals surface area contributed by atoms with E-state index in [0.29, 0.717) is 23.5 Å². The molecule has 0 atom stereocenters. The average molecular weight is 342 g/mol. The lowest BCUT2D eigenvalue weighted by Crippen LogP contribution is -2.16. The van der Waals surface area contributed by atoms with Gasteiger partial charge in [-0.15, -0.1) is 0 Å². The lowest BCUT2D eigenvalue weighted by Gasteiger charge is -2.05. The predicted octanol–water partition coefficient (Wildman–Crippen LogP) is 1.66. The van der Waals surface area contributed by atoms with Crippen molar-refractivity contribution in [1.29, 1.82) is 0 Å². The van der Waals surface area contributed by atoms with Gasteiger partial charge in [0.05, 0.1) is 6.20 Å². The van der Waals surface area contributed by atoms with Crippen LogP contribution >= 0.6 is 0 Å². The molecule has 8 nitrogen and oxygen atoms in total. The third-order valence-electron chi connectivity index (χ3n) is 3.54. The van der Waals surface area contributed by atoms with Gasteiger partial charge in [-0.25, -0.2) is 9.37 Å². The Labute approximate surface area is 141 Å². The van der Waals surface area contributed by atoms with Crippen LogP contribution in [0.15, 0.2) is 36.8 Å². The normalized spacial score (nSPS) is 10.6. The van der Waals surface area contributed by atoms with Crippen LogP contribution in [0, 0.1) is 5.82 Å². The fourth-order valence-electron chi connectivity index (χ4n) is 2.28. The number of benzene rings is 1. The number of carbonyl (C=O) groups is 2. The maximum absolute atomic E-state index is 12.9. The molecule has 0 fully saturated rings. The monoisotopic (exact) mass is 342 g/mol. The first-order chi connectivity index (χ1) is 12.1. The summed E-state index contributed by atoms with van der Waals surface area (Å²) < 4.78 is 12.9. The number of carbonyl (C=O) groups excluding carboxylic acids is 2. The number of nitrogens with one attached hydrogen (secondary N) is 3. The molecule has 0 aliphatic carbocycles. The minimum atomic E-state index is -0.442. The number of ketones is 1. The van der Waals surface area contributed by atoms with E-state index in [2.05, 4.69) is 30.7 Å². The van der Waals surface area contributed by atoms with Crippen LogP contribution in [0.5, 0.6) is 0 Å². The molecule has 3 aromatic rings. The Hall–Kier alpha value is -3.36. The molecule has 0 unspecified atom stereocenters. The molecule has 0 bridgehead atoms. The molecule has 2 heterocycles. The summed E-state index contributed by atoms with van der Waals surface area (Å²) in [5, 5.41) is 15.5. The first-order valence-corrected chi connectivity index (χ1v) is 7.57. The van der Waals surface area contributed by atoms with Gasteiger partial charge in [0.1, 0.15) is 29.4 Å². The number of aromatic amines is 2. The molecule has 9 heteroatoms. The van der Waals surface area contributed by atoms with Crippen LogP contribution in [-0.2, 0) is 17.6 Å². The summed E-state index contributed by atoms with van der Waals surface area (Å²) in [6.45, 7) is 0. The molecule has 3 rings (SSSR count). The van der Waals surface area contributed by atoms with E-state index in [1.54, 1.807) is 0 Å². The van der Waals surface area contributed by atoms with E-state index in [9.17, 15) is 14.0 Å². The van der Waals surface area contributed by atoms with Gasteiger partial charge in [-0.3, -0.25) is 19.8 Å². The highest BCUT2D eigenvalue weighted by atomic mass is 19.1. The highest BCUT2D eigenvalue weighted by molar-refractivity contribution is 6.04. The minimum absolute atomic E-state index is 0.0476. The van der Waals surface area contributed by atoms with Gasteiger partial charge in [0.2, 0.25) is 0 Å². The molecule has 25 heavy (non-hydrogen) atoms. The molecular weight excluding hydrogens is 327 g/mol. The maximum Gasteiger partial charge on any atom is 0.273 e. The van der Waals surface area contributed by atoms with Gasteiger partial charge in [-0.2, -0.15) is 10.2 Å². The predicted molar refractivity (Wildman–Crippen MR) is 86.4 cm³/mol. The van der Waals surface area contributed by atoms with Crippen molar-refractivity contribution in [3.05, 3.63) is 59.7 Å². The lowest BCUT2D eigenvalue weighted by atomic mass is 10.1. The number of anilines is 1. The second kappa shape index (κ2) is 7.47. The standard InChI is InChI=1S/C16H15FN6O2/c17-11-1-3-12(4-2-11)21-16(25)15-10(8-19-23-15)7-13(24)5-6-14-18-9-20-22-14/h1-4,8-9H,5-7H2,(H,19,23)(H,21,25)(H,18,20,22). The highest BCUT2D eigenvalue weighted by Crippen LogP contribution is 2.13. The summed E-state index contributed by atoms with van der Waals surface area (Å²) in [7, 11) is 0. The van der Waals surface area contributed by atoms with Crippen molar-refractivity contribution in [2.24, 2.45) is 0 Å². The molecule has 0 aliphatic rings. The Morgan fingerprint density at radius 3 is 2.64 bits per heavy atom. The summed E-state index contributed by atoms with van der Waals surface area (Å²) >= 11 is 0. The quantitative estimate of drug-likeness (QED) is 0.604. The zero-order chi connectivity index (χ0) is 17.6. The number of nitrogens with zero attached hydrogens (tertiary/aromatic N) is 3. The van der Waals surface area contributed by atoms with Crippen molar-refractivity contribution in [3.8, 4) is 0 Å². The van der Waals surface area contributed by atoms with Crippen LogP contribution in [0.25, 0.3) is 0 Å². The number of aryl methyl sites for hydroxylation is 1. The Balaban J connectivity index is 1.60. The number of aromatic nitrogens is 5. The fourth-order valence-corrected chi connectivity index (χ4v) is 2.28. The zero-order valence-electron chi connectivity index (χ0n) is 13.1. The van der Waals surface area contributed by atoms with Crippen LogP contribution in [0.3, 0.4) is 0 Å². The van der Waals surface area contributed by atoms with E-state index in [1.807, 2.05) is 0 Å². The topological polar surface area (TPSA) is 116 Å². The van der Waals surface area contributed by atoms with Gasteiger partial charge >= 0.3 is 0 Å². The molecular formula is C16H15FN6O2. The van der Waals surface area contributed by atoms with Gasteiger partial charge in [-0.1, -0.05) is 0 Å². The second-order valence-corrected chi connectivity index (χ2v) is 5.38. The van der Waals surface area contributed by atoms with Gasteiger partial charge in [0, 0.05) is 30.5 Å². The zero-order valence-corrected chi connectivity index (χ0v) is 13.1. The van der Waals surface area contributed by atoms with Crippen molar-refractivity contribution in [2.75, 3.05) is 5.32 Å². The maximum atomic E-state index is 12.9. The van der Waals surface area contributed by atoms with Crippen LogP contribution in [0.2, 0.25) is 0 Å². The van der Waals surface area contributed by atoms with Gasteiger partial charge in [0.25, 0.3) is 5.91 Å². The molecule has 0 saturated heterocycles. The molecule has 0 aliphatic heterocycles. The van der Waals surface area contributed by atoms with Crippen molar-refractivity contribution in [2.45, 2.75) is 19.3 Å². The van der Waals surface area contributed by atoms with Crippen molar-refractivity contribution in [3.63, 3.8) is 0 Å². The minimum Gasteiger partial charge on any atom is -0.321 e. The van der Waals surface area contributed by atoms with E-state index in [-0.39, 0.29) is 24.3 Å². The van der Waals surface area contributed by atoms with Gasteiger partial charge in [0.15, 0.2) is 0 Å². The van der Waals surface area contributed by atoms with Crippen LogP contribution in [-0.4, -0.2) is 37.1 Å². The van der Waals surface area contributed by atoms with Crippen molar-refractivity contribution in [1.82, 2.24) is 25.4 Å². The number of Topliss-reactive ketones (excluding diaryl/α,β-unsaturated/α-hetero) is 1. The van der Waals surface area contributed by atoms with Crippen LogP contribution in [0.4, 0.5) is 10.1 Å². The highest BCUT2D eigenvalue weighted by Gasteiger charge is 2.17. The number of rotatable bonds is 7. The number of H-pyrrole nitrogens is 2. The fraction of sp³-hybridized carbons (Fsp3) is 0.188. The van der Waals surface area contributed by atoms with E-state index in [0.717, 1.165) is 0 Å². The van der Waals surface area contributed by atoms with E-state index in [1.165, 1.54) is 36.8 Å². The van der Waals surface area contributed by atoms with E-state index < -0.39 is 11.7 Å². The Morgan fingerprint density at radius 1 is 1.12 bits per heavy atom. The Morgan fingerprint density at radius 2 is 1.92 bits per heavy atom. The number of amides is 1. The van der Waals surface area contributed by atoms with Gasteiger partial charge < -0.3 is 5.32 Å². The lowest BCUT2D eigenvalue weighted by molar-refractivity contribution is -0.118. The third kappa shape index (κ3) is 4.34. The summed E-state index contributed by atoms with van der Waals surface area (Å²) in [5.74, 6) is -0.247. The molecule has 1 amide bonds. The molecule has 0 spiro atoms. The van der Waals surface area contributed by atoms with E-state index in [4.69, 9.17) is 0 Å². The largest absolute Gasteiger partial charge is 0.321 e. The second-order valence-electron chi connectivity index (χ2n) is 5.38. The third-order valence-corrected chi connectivity index (χ3v) is 3.54. The van der Waals surface area contributed by atoms with E-state index >= 15 is 0 Å². The summed E-state index contributed by atoms with van der Waals surface area (Å²) in [5.41, 5.74) is 1.16. The Kier molecular flexibility index (Phi) is 4.93. The molecule has 3 N–H and O–H groups in total. The summed E-state index contributed by atoms with van der Waals surface area (Å²) in [6.07, 6.45) is 3.64. The number of hydrogen-bond acceptors (Lipinski definition) is 5. The first-order valence-electron chi connectivity index (χ1n) is 7.57. The summed E-state index contributed by atoms with van der Waals surface area (Å²) in [4.78, 5) is 28.4. The average Bonchev–Trinajstić information content (AvgIpc) is 3.26. The Bertz CT molecular complexity index is 857.